The fraction of sp³-hybridized carbons (Fsp3) is 0.726. The fourth-order valence-electron chi connectivity index (χ4n) is 14.0. The monoisotopic (exact) mass is 1120 g/mol. The Bertz CT molecular complexity index is 2170. The average Bonchev–Trinajstić information content (AvgIpc) is 4.23. The topological polar surface area (TPSA) is 82.2 Å². The number of carbonyl (C=O) groups is 1. The van der Waals surface area contributed by atoms with Gasteiger partial charge in [-0.3, -0.25) is 19.5 Å². The minimum atomic E-state index is -4.31. The third kappa shape index (κ3) is 18.0. The van der Waals surface area contributed by atoms with Crippen molar-refractivity contribution in [2.45, 2.75) is 196 Å². The van der Waals surface area contributed by atoms with Crippen LogP contribution in [0.1, 0.15) is 152 Å². The molecule has 8 fully saturated rings. The van der Waals surface area contributed by atoms with Gasteiger partial charge in [-0.2, -0.15) is 13.2 Å². The van der Waals surface area contributed by atoms with Gasteiger partial charge in [-0.15, -0.1) is 24.8 Å². The molecule has 0 aromatic heterocycles. The van der Waals surface area contributed by atoms with Crippen molar-refractivity contribution < 1.29 is 46.4 Å². The maximum atomic E-state index is 13.1. The normalized spacial score (nSPS) is 27.5. The highest BCUT2D eigenvalue weighted by Gasteiger charge is 2.47. The van der Waals surface area contributed by atoms with E-state index in [4.69, 9.17) is 28.4 Å². The van der Waals surface area contributed by atoms with Crippen LogP contribution in [-0.4, -0.2) is 148 Å². The molecule has 4 aliphatic carbocycles. The smallest absolute Gasteiger partial charge is 0.379 e. The fourth-order valence-corrected chi connectivity index (χ4v) is 14.0. The van der Waals surface area contributed by atoms with Crippen LogP contribution in [0.5, 0.6) is 0 Å². The van der Waals surface area contributed by atoms with Gasteiger partial charge in [-0.1, -0.05) is 131 Å². The molecule has 1 spiro atoms. The minimum absolute atomic E-state index is 0. The lowest BCUT2D eigenvalue weighted by atomic mass is 9.86. The number of hydrogen-bond donors (Lipinski definition) is 0. The van der Waals surface area contributed by atoms with Crippen molar-refractivity contribution in [2.75, 3.05) is 85.5 Å². The summed E-state index contributed by atoms with van der Waals surface area (Å²) in [6.45, 7) is 10.5. The van der Waals surface area contributed by atoms with E-state index >= 15 is 0 Å². The molecule has 0 bridgehead atoms. The molecule has 6 atom stereocenters. The van der Waals surface area contributed by atoms with Crippen LogP contribution >= 0.6 is 24.8 Å². The molecule has 8 aliphatic rings. The summed E-state index contributed by atoms with van der Waals surface area (Å²) in [6.07, 6.45) is 23.8. The van der Waals surface area contributed by atoms with Crippen molar-refractivity contribution in [1.82, 2.24) is 14.7 Å². The van der Waals surface area contributed by atoms with Gasteiger partial charge < -0.3 is 28.4 Å². The van der Waals surface area contributed by atoms with Gasteiger partial charge in [-0.25, -0.2) is 0 Å². The molecule has 15 heteroatoms. The summed E-state index contributed by atoms with van der Waals surface area (Å²) in [5.74, 6) is 1.06. The highest BCUT2D eigenvalue weighted by atomic mass is 35.5. The predicted octanol–water partition coefficient (Wildman–Crippen LogP) is 12.9. The number of ether oxygens (including phenoxy) is 6. The Kier molecular flexibility index (Phi) is 25.6. The third-order valence-electron chi connectivity index (χ3n) is 18.0. The first-order valence-electron chi connectivity index (χ1n) is 29.8. The highest BCUT2D eigenvalue weighted by molar-refractivity contribution is 5.86. The second-order valence-corrected chi connectivity index (χ2v) is 23.0. The van der Waals surface area contributed by atoms with Crippen LogP contribution in [0.25, 0.3) is 10.8 Å². The minimum Gasteiger partial charge on any atom is -0.379 e. The number of morpholine rings is 1. The number of benzene rings is 3. The van der Waals surface area contributed by atoms with Crippen LogP contribution in [0.15, 0.2) is 66.7 Å². The van der Waals surface area contributed by atoms with Gasteiger partial charge >= 0.3 is 6.18 Å². The van der Waals surface area contributed by atoms with Gasteiger partial charge in [0.25, 0.3) is 0 Å². The van der Waals surface area contributed by atoms with E-state index in [1.54, 1.807) is 12.1 Å². The van der Waals surface area contributed by atoms with Crippen LogP contribution in [0, 0.1) is 5.92 Å². The molecular weight excluding hydrogens is 1030 g/mol. The summed E-state index contributed by atoms with van der Waals surface area (Å²) in [7, 11) is 0. The lowest BCUT2D eigenvalue weighted by Crippen LogP contribution is -2.51. The van der Waals surface area contributed by atoms with Crippen molar-refractivity contribution in [3.63, 3.8) is 0 Å². The first-order valence-corrected chi connectivity index (χ1v) is 29.8. The number of Topliss-reactive ketones (excluding diaryl/α,β-unsaturated/α-hetero) is 1. The van der Waals surface area contributed by atoms with Gasteiger partial charge in [-0.05, 0) is 98.1 Å². The van der Waals surface area contributed by atoms with Crippen LogP contribution in [0.4, 0.5) is 13.2 Å². The number of likely N-dealkylation sites (tertiary alicyclic amines) is 2. The number of hydrogen-bond acceptors (Lipinski definition) is 10. The summed E-state index contributed by atoms with van der Waals surface area (Å²) < 4.78 is 75.4. The molecule has 0 radical (unpaired) electrons. The first kappa shape index (κ1) is 62.2. The number of ketones is 1. The van der Waals surface area contributed by atoms with Crippen molar-refractivity contribution in [2.24, 2.45) is 5.92 Å². The zero-order valence-corrected chi connectivity index (χ0v) is 47.6. The van der Waals surface area contributed by atoms with Gasteiger partial charge in [0.2, 0.25) is 0 Å². The molecule has 3 unspecified atom stereocenters. The van der Waals surface area contributed by atoms with Crippen molar-refractivity contribution in [3.05, 3.63) is 83.4 Å². The van der Waals surface area contributed by atoms with E-state index < -0.39 is 11.7 Å². The van der Waals surface area contributed by atoms with E-state index in [1.807, 2.05) is 0 Å². The van der Waals surface area contributed by atoms with E-state index in [0.29, 0.717) is 61.3 Å². The van der Waals surface area contributed by atoms with Gasteiger partial charge in [0, 0.05) is 63.8 Å². The SMILES string of the molecule is Cl.Cl.FC(F)(F)c1ccccc1CCO[C@H]1CCCCC1N1CCOCC1.O=C1CCN([C@@H]2CCCCC2OCCCC2CCCCC2)C1.c1ccc2c(CCO[C@H]3CCCCC3N3CCC4(C3)OCCO4)cccc2c1. The molecule has 4 aliphatic heterocycles. The molecule has 10 nitrogen and oxygen atoms in total. The molecule has 11 rings (SSSR count). The van der Waals surface area contributed by atoms with Crippen molar-refractivity contribution in [3.8, 4) is 0 Å². The second kappa shape index (κ2) is 31.7. The number of fused-ring (bicyclic) bond motifs is 1. The number of alkyl halides is 3. The molecule has 4 heterocycles. The summed E-state index contributed by atoms with van der Waals surface area (Å²) in [4.78, 5) is 19.0. The third-order valence-corrected chi connectivity index (χ3v) is 18.0. The summed E-state index contributed by atoms with van der Waals surface area (Å²) in [5, 5.41) is 2.67. The van der Waals surface area contributed by atoms with Crippen LogP contribution < -0.4 is 0 Å². The van der Waals surface area contributed by atoms with E-state index in [9.17, 15) is 18.0 Å². The maximum absolute atomic E-state index is 13.1. The largest absolute Gasteiger partial charge is 0.416 e. The molecule has 0 amide bonds. The van der Waals surface area contributed by atoms with Crippen LogP contribution in [0.2, 0.25) is 0 Å². The summed E-state index contributed by atoms with van der Waals surface area (Å²) >= 11 is 0. The Morgan fingerprint density at radius 3 is 1.75 bits per heavy atom. The van der Waals surface area contributed by atoms with Crippen LogP contribution in [0.3, 0.4) is 0 Å². The first-order chi connectivity index (χ1) is 36.7. The molecule has 432 valence electrons. The lowest BCUT2D eigenvalue weighted by molar-refractivity contribution is -0.150. The standard InChI is InChI=1S/C24H31NO3.C19H26F3NO2.C19H33NO2.2ClH/c1-2-9-21-19(6-1)7-5-8-20(21)12-15-26-23-11-4-3-10-22(23)25-14-13-24(18-25)27-16-17-28-24;20-19(21,22)16-6-2-1-5-15(16)9-12-25-18-8-4-3-7-17(18)23-10-13-24-14-11-23;21-17-12-13-20(15-17)18-10-4-5-11-19(18)22-14-6-9-16-7-2-1-3-8-16;;/h1-2,5-9,22-23H,3-4,10-18H2;1-2,5-6,17-18H,3-4,7-14H2;16,18-19H,1-15H2;2*1H/t22?,23-;17?,18-;18-,19?;;/m001../s1. The quantitative estimate of drug-likeness (QED) is 0.129. The molecule has 4 saturated heterocycles. The number of halogens is 5. The summed E-state index contributed by atoms with van der Waals surface area (Å²) in [5.41, 5.74) is 1.15. The number of rotatable bonds is 16. The van der Waals surface area contributed by atoms with E-state index in [0.717, 1.165) is 123 Å². The maximum Gasteiger partial charge on any atom is 0.416 e. The van der Waals surface area contributed by atoms with Crippen molar-refractivity contribution in [1.29, 1.82) is 0 Å². The Hall–Kier alpha value is -2.40. The Balaban J connectivity index is 0.000000167. The van der Waals surface area contributed by atoms with E-state index in [-0.39, 0.29) is 36.7 Å². The zero-order valence-electron chi connectivity index (χ0n) is 46.0. The van der Waals surface area contributed by atoms with E-state index in [2.05, 4.69) is 57.2 Å². The van der Waals surface area contributed by atoms with Crippen molar-refractivity contribution >= 4 is 41.4 Å². The van der Waals surface area contributed by atoms with Gasteiger partial charge in [0.15, 0.2) is 5.79 Å². The Morgan fingerprint density at radius 1 is 0.558 bits per heavy atom. The average molecular weight is 1120 g/mol. The molecule has 3 aromatic rings. The summed E-state index contributed by atoms with van der Waals surface area (Å²) in [6, 6.07) is 22.4. The zero-order chi connectivity index (χ0) is 51.7. The Morgan fingerprint density at radius 2 is 1.10 bits per heavy atom. The molecule has 3 aromatic carbocycles. The predicted molar refractivity (Wildman–Crippen MR) is 304 cm³/mol. The Labute approximate surface area is 471 Å². The molecular formula is C62H92Cl2F3N3O7. The van der Waals surface area contributed by atoms with Crippen LogP contribution in [-0.2, 0) is 52.2 Å². The number of nitrogens with zero attached hydrogens (tertiary/aromatic N) is 3. The van der Waals surface area contributed by atoms with E-state index in [1.165, 1.54) is 125 Å². The lowest BCUT2D eigenvalue weighted by Gasteiger charge is -2.41. The van der Waals surface area contributed by atoms with Gasteiger partial charge in [0.1, 0.15) is 5.78 Å². The second-order valence-electron chi connectivity index (χ2n) is 23.0. The molecule has 4 saturated carbocycles. The molecule has 0 N–H and O–H groups in total. The number of carbonyl (C=O) groups excluding carboxylic acids is 1. The highest BCUT2D eigenvalue weighted by Crippen LogP contribution is 2.37. The van der Waals surface area contributed by atoms with Gasteiger partial charge in [0.05, 0.1) is 76.6 Å². The molecule has 77 heavy (non-hydrogen) atoms.